The van der Waals surface area contributed by atoms with Crippen molar-refractivity contribution in [1.29, 1.82) is 0 Å². The number of allylic oxidation sites excluding steroid dienone is 4. The minimum atomic E-state index is -0.00421. The summed E-state index contributed by atoms with van der Waals surface area (Å²) >= 11 is 0. The van der Waals surface area contributed by atoms with Gasteiger partial charge in [-0.2, -0.15) is 0 Å². The smallest absolute Gasteiger partial charge is 0.237 e. The summed E-state index contributed by atoms with van der Waals surface area (Å²) in [5.41, 5.74) is 3.58. The molecular weight excluding hydrogens is 320 g/mol. The fourth-order valence-electron chi connectivity index (χ4n) is 3.88. The van der Waals surface area contributed by atoms with Crippen molar-refractivity contribution >= 4 is 5.91 Å². The Morgan fingerprint density at radius 2 is 2.12 bits per heavy atom. The third kappa shape index (κ3) is 4.53. The Balaban J connectivity index is 1.57. The summed E-state index contributed by atoms with van der Waals surface area (Å²) < 4.78 is 0. The molecule has 138 valence electrons. The number of carbonyl (C=O) groups is 1. The molecule has 1 aromatic rings. The zero-order valence-corrected chi connectivity index (χ0v) is 16.0. The molecule has 0 saturated carbocycles. The zero-order valence-electron chi connectivity index (χ0n) is 16.0. The number of rotatable bonds is 6. The normalized spacial score (nSPS) is 25.8. The molecule has 0 radical (unpaired) electrons. The Hall–Kier alpha value is -2.13. The van der Waals surface area contributed by atoms with Crippen molar-refractivity contribution < 1.29 is 4.79 Å². The topological polar surface area (TPSA) is 32.3 Å². The van der Waals surface area contributed by atoms with Crippen molar-refractivity contribution in [3.05, 3.63) is 71.8 Å². The van der Waals surface area contributed by atoms with Crippen molar-refractivity contribution in [1.82, 2.24) is 10.2 Å². The number of amides is 1. The highest BCUT2D eigenvalue weighted by Gasteiger charge is 2.35. The molecule has 1 N–H and O–H groups in total. The van der Waals surface area contributed by atoms with Gasteiger partial charge in [-0.15, -0.1) is 0 Å². The van der Waals surface area contributed by atoms with E-state index in [2.05, 4.69) is 41.9 Å². The van der Waals surface area contributed by atoms with Crippen molar-refractivity contribution in [2.24, 2.45) is 5.41 Å². The van der Waals surface area contributed by atoms with Crippen LogP contribution in [-0.2, 0) is 11.3 Å². The van der Waals surface area contributed by atoms with Gasteiger partial charge >= 0.3 is 0 Å². The maximum absolute atomic E-state index is 12.7. The molecular formula is C23H30N2O. The van der Waals surface area contributed by atoms with Gasteiger partial charge in [-0.05, 0) is 43.9 Å². The van der Waals surface area contributed by atoms with Crippen LogP contribution >= 0.6 is 0 Å². The van der Waals surface area contributed by atoms with E-state index in [4.69, 9.17) is 0 Å². The lowest BCUT2D eigenvalue weighted by molar-refractivity contribution is -0.125. The molecule has 2 aliphatic rings. The van der Waals surface area contributed by atoms with Crippen LogP contribution in [0.5, 0.6) is 0 Å². The molecule has 3 heteroatoms. The molecule has 2 atom stereocenters. The Bertz CT molecular complexity index is 719. The van der Waals surface area contributed by atoms with Gasteiger partial charge in [0, 0.05) is 18.5 Å². The van der Waals surface area contributed by atoms with Gasteiger partial charge in [0.15, 0.2) is 0 Å². The second-order valence-electron chi connectivity index (χ2n) is 7.96. The molecule has 1 aliphatic heterocycles. The Morgan fingerprint density at radius 1 is 1.35 bits per heavy atom. The quantitative estimate of drug-likeness (QED) is 0.832. The van der Waals surface area contributed by atoms with Crippen LogP contribution in [0.1, 0.15) is 38.7 Å². The van der Waals surface area contributed by atoms with E-state index < -0.39 is 0 Å². The summed E-state index contributed by atoms with van der Waals surface area (Å²) in [6.07, 6.45) is 9.81. The molecule has 1 saturated heterocycles. The van der Waals surface area contributed by atoms with Gasteiger partial charge in [0.2, 0.25) is 5.91 Å². The van der Waals surface area contributed by atoms with Gasteiger partial charge in [-0.1, -0.05) is 67.6 Å². The minimum Gasteiger partial charge on any atom is -0.351 e. The lowest BCUT2D eigenvalue weighted by Gasteiger charge is -2.35. The Morgan fingerprint density at radius 3 is 2.77 bits per heavy atom. The highest BCUT2D eigenvalue weighted by Crippen LogP contribution is 2.34. The Kier molecular flexibility index (Phi) is 5.77. The van der Waals surface area contributed by atoms with Crippen molar-refractivity contribution in [2.45, 2.75) is 45.7 Å². The second kappa shape index (κ2) is 8.05. The van der Waals surface area contributed by atoms with Crippen LogP contribution in [0.3, 0.4) is 0 Å². The van der Waals surface area contributed by atoms with Gasteiger partial charge in [0.25, 0.3) is 0 Å². The molecule has 1 aliphatic carbocycles. The Labute approximate surface area is 157 Å². The average molecular weight is 351 g/mol. The van der Waals surface area contributed by atoms with E-state index in [1.807, 2.05) is 37.3 Å². The number of hydrogen-bond acceptors (Lipinski definition) is 2. The maximum atomic E-state index is 12.7. The fourth-order valence-corrected chi connectivity index (χ4v) is 3.88. The van der Waals surface area contributed by atoms with Crippen LogP contribution in [0.15, 0.2) is 66.3 Å². The van der Waals surface area contributed by atoms with E-state index in [0.717, 1.165) is 43.5 Å². The van der Waals surface area contributed by atoms with E-state index in [0.29, 0.717) is 6.54 Å². The molecule has 1 unspecified atom stereocenters. The molecule has 3 nitrogen and oxygen atoms in total. The number of likely N-dealkylation sites (tertiary alicyclic amines) is 1. The van der Waals surface area contributed by atoms with Crippen LogP contribution in [0.2, 0.25) is 0 Å². The minimum absolute atomic E-state index is 0.00421. The first-order valence-electron chi connectivity index (χ1n) is 9.58. The first-order valence-corrected chi connectivity index (χ1v) is 9.58. The number of hydrogen-bond donors (Lipinski definition) is 1. The van der Waals surface area contributed by atoms with Crippen molar-refractivity contribution in [3.8, 4) is 0 Å². The van der Waals surface area contributed by atoms with Crippen LogP contribution in [0, 0.1) is 5.41 Å². The molecule has 26 heavy (non-hydrogen) atoms. The van der Waals surface area contributed by atoms with E-state index in [-0.39, 0.29) is 17.4 Å². The summed E-state index contributed by atoms with van der Waals surface area (Å²) in [4.78, 5) is 15.1. The zero-order chi connectivity index (χ0) is 18.6. The number of benzene rings is 1. The highest BCUT2D eigenvalue weighted by atomic mass is 16.2. The lowest BCUT2D eigenvalue weighted by Crippen LogP contribution is -2.46. The SMILES string of the molecule is C=C(C)C1=CCC(C)(CN2CCC[C@@H]2C(=O)NCc2ccccc2)C=C1. The van der Waals surface area contributed by atoms with Crippen LogP contribution in [0.4, 0.5) is 0 Å². The molecule has 1 heterocycles. The molecule has 1 fully saturated rings. The highest BCUT2D eigenvalue weighted by molar-refractivity contribution is 5.82. The first kappa shape index (κ1) is 18.7. The van der Waals surface area contributed by atoms with E-state index in [1.54, 1.807) is 0 Å². The van der Waals surface area contributed by atoms with Gasteiger partial charge in [-0.25, -0.2) is 0 Å². The van der Waals surface area contributed by atoms with Gasteiger partial charge in [0.1, 0.15) is 0 Å². The summed E-state index contributed by atoms with van der Waals surface area (Å²) in [6, 6.07) is 10.1. The average Bonchev–Trinajstić information content (AvgIpc) is 3.08. The third-order valence-corrected chi connectivity index (χ3v) is 5.49. The van der Waals surface area contributed by atoms with Gasteiger partial charge in [-0.3, -0.25) is 9.69 Å². The number of nitrogens with one attached hydrogen (secondary N) is 1. The van der Waals surface area contributed by atoms with E-state index in [1.165, 1.54) is 5.57 Å². The molecule has 1 aromatic carbocycles. The van der Waals surface area contributed by atoms with E-state index in [9.17, 15) is 4.79 Å². The second-order valence-corrected chi connectivity index (χ2v) is 7.96. The summed E-state index contributed by atoms with van der Waals surface area (Å²) in [6.45, 7) is 10.9. The summed E-state index contributed by atoms with van der Waals surface area (Å²) in [5, 5.41) is 3.12. The molecule has 0 aromatic heterocycles. The van der Waals surface area contributed by atoms with Gasteiger partial charge in [0.05, 0.1) is 6.04 Å². The monoisotopic (exact) mass is 350 g/mol. The van der Waals surface area contributed by atoms with Crippen LogP contribution < -0.4 is 5.32 Å². The predicted molar refractivity (Wildman–Crippen MR) is 108 cm³/mol. The molecule has 3 rings (SSSR count). The standard InChI is InChI=1S/C23H30N2O/c1-18(2)20-11-13-23(3,14-12-20)17-25-15-7-10-21(25)22(26)24-16-19-8-5-4-6-9-19/h4-6,8-9,11-13,21H,1,7,10,14-17H2,2-3H3,(H,24,26)/t21-,23?/m1/s1. The number of nitrogens with zero attached hydrogens (tertiary/aromatic N) is 1. The summed E-state index contributed by atoms with van der Waals surface area (Å²) in [7, 11) is 0. The molecule has 1 amide bonds. The third-order valence-electron chi connectivity index (χ3n) is 5.49. The van der Waals surface area contributed by atoms with E-state index >= 15 is 0 Å². The maximum Gasteiger partial charge on any atom is 0.237 e. The molecule has 0 bridgehead atoms. The van der Waals surface area contributed by atoms with Crippen LogP contribution in [0.25, 0.3) is 0 Å². The lowest BCUT2D eigenvalue weighted by atomic mass is 9.80. The fraction of sp³-hybridized carbons (Fsp3) is 0.435. The number of carbonyl (C=O) groups excluding carboxylic acids is 1. The first-order chi connectivity index (χ1) is 12.5. The largest absolute Gasteiger partial charge is 0.351 e. The molecule has 0 spiro atoms. The van der Waals surface area contributed by atoms with Gasteiger partial charge < -0.3 is 5.32 Å². The predicted octanol–water partition coefficient (Wildman–Crippen LogP) is 4.24. The van der Waals surface area contributed by atoms with Crippen molar-refractivity contribution in [2.75, 3.05) is 13.1 Å². The van der Waals surface area contributed by atoms with Crippen LogP contribution in [-0.4, -0.2) is 29.9 Å². The summed E-state index contributed by atoms with van der Waals surface area (Å²) in [5.74, 6) is 0.160. The van der Waals surface area contributed by atoms with Crippen molar-refractivity contribution in [3.63, 3.8) is 0 Å².